The maximum atomic E-state index is 8.90. The first-order chi connectivity index (χ1) is 6.79. The van der Waals surface area contributed by atoms with Gasteiger partial charge < -0.3 is 4.74 Å². The van der Waals surface area contributed by atoms with Gasteiger partial charge in [0.1, 0.15) is 6.07 Å². The highest BCUT2D eigenvalue weighted by Gasteiger charge is 2.20. The second kappa shape index (κ2) is 4.35. The Morgan fingerprint density at radius 1 is 1.50 bits per heavy atom. The number of ether oxygens (including phenoxy) is 1. The van der Waals surface area contributed by atoms with Crippen LogP contribution in [0, 0.1) is 11.3 Å². The first kappa shape index (κ1) is 10.0. The third-order valence-corrected chi connectivity index (χ3v) is 3.66. The summed E-state index contributed by atoms with van der Waals surface area (Å²) in [5.41, 5.74) is 0.741. The van der Waals surface area contributed by atoms with Gasteiger partial charge in [-0.3, -0.25) is 0 Å². The van der Waals surface area contributed by atoms with Crippen molar-refractivity contribution >= 4 is 27.7 Å². The number of nitriles is 1. The summed E-state index contributed by atoms with van der Waals surface area (Å²) in [4.78, 5) is 1.04. The summed E-state index contributed by atoms with van der Waals surface area (Å²) >= 11 is 5.12. The summed E-state index contributed by atoms with van der Waals surface area (Å²) < 4.78 is 6.11. The van der Waals surface area contributed by atoms with Crippen LogP contribution in [0.4, 0.5) is 0 Å². The maximum absolute atomic E-state index is 8.90. The van der Waals surface area contributed by atoms with Crippen molar-refractivity contribution in [3.05, 3.63) is 28.2 Å². The normalized spacial score (nSPS) is 16.0. The molecular weight excluding hydrogens is 262 g/mol. The fourth-order valence-corrected chi connectivity index (χ4v) is 2.78. The van der Waals surface area contributed by atoms with E-state index in [1.165, 1.54) is 0 Å². The van der Waals surface area contributed by atoms with Crippen LogP contribution in [0.15, 0.2) is 27.6 Å². The maximum Gasteiger partial charge on any atom is 0.100 e. The van der Waals surface area contributed by atoms with Crippen molar-refractivity contribution < 1.29 is 4.74 Å². The van der Waals surface area contributed by atoms with E-state index in [-0.39, 0.29) is 0 Å². The van der Waals surface area contributed by atoms with Gasteiger partial charge >= 0.3 is 0 Å². The van der Waals surface area contributed by atoms with Crippen LogP contribution in [0.2, 0.25) is 0 Å². The van der Waals surface area contributed by atoms with Crippen LogP contribution in [0.5, 0.6) is 0 Å². The van der Waals surface area contributed by atoms with Gasteiger partial charge in [-0.15, -0.1) is 11.8 Å². The molecule has 1 aromatic rings. The van der Waals surface area contributed by atoms with Crippen LogP contribution in [0.3, 0.4) is 0 Å². The molecule has 0 aliphatic carbocycles. The smallest absolute Gasteiger partial charge is 0.100 e. The minimum atomic E-state index is 0.511. The number of hydrogen-bond donors (Lipinski definition) is 0. The second-order valence-corrected chi connectivity index (χ2v) is 5.29. The van der Waals surface area contributed by atoms with E-state index in [1.807, 2.05) is 18.2 Å². The highest BCUT2D eigenvalue weighted by Crippen LogP contribution is 2.32. The quantitative estimate of drug-likeness (QED) is 0.828. The number of benzene rings is 1. The third-order valence-electron chi connectivity index (χ3n) is 1.97. The van der Waals surface area contributed by atoms with Gasteiger partial charge in [0, 0.05) is 9.37 Å². The summed E-state index contributed by atoms with van der Waals surface area (Å²) in [6.45, 7) is 1.59. The molecule has 1 aromatic carbocycles. The van der Waals surface area contributed by atoms with Gasteiger partial charge in [0.25, 0.3) is 0 Å². The number of nitrogens with zero attached hydrogens (tertiary/aromatic N) is 1. The molecule has 1 fully saturated rings. The molecule has 0 aromatic heterocycles. The average Bonchev–Trinajstić information content (AvgIpc) is 2.12. The molecule has 1 heterocycles. The molecule has 0 unspecified atom stereocenters. The van der Waals surface area contributed by atoms with E-state index in [2.05, 4.69) is 22.0 Å². The molecular formula is C10H8BrNOS. The lowest BCUT2D eigenvalue weighted by Gasteiger charge is -2.25. The Hall–Kier alpha value is -0.500. The highest BCUT2D eigenvalue weighted by molar-refractivity contribution is 9.10. The largest absolute Gasteiger partial charge is 0.379 e. The van der Waals surface area contributed by atoms with Gasteiger partial charge in [0.15, 0.2) is 0 Å². The number of halogens is 1. The zero-order valence-electron chi connectivity index (χ0n) is 7.37. The van der Waals surface area contributed by atoms with Crippen LogP contribution in [-0.2, 0) is 4.74 Å². The molecule has 0 N–H and O–H groups in total. The molecule has 0 amide bonds. The lowest BCUT2D eigenvalue weighted by Crippen LogP contribution is -2.30. The molecule has 72 valence electrons. The van der Waals surface area contributed by atoms with Crippen molar-refractivity contribution in [2.45, 2.75) is 10.1 Å². The Labute approximate surface area is 95.4 Å². The SMILES string of the molecule is N#Cc1ccc(Br)cc1SC1COC1. The molecule has 2 nitrogen and oxygen atoms in total. The van der Waals surface area contributed by atoms with Gasteiger partial charge in [0.05, 0.1) is 24.0 Å². The zero-order chi connectivity index (χ0) is 9.97. The summed E-state index contributed by atoms with van der Waals surface area (Å²) in [5, 5.41) is 9.41. The predicted molar refractivity (Wildman–Crippen MR) is 59.3 cm³/mol. The van der Waals surface area contributed by atoms with E-state index in [0.29, 0.717) is 5.25 Å². The van der Waals surface area contributed by atoms with E-state index < -0.39 is 0 Å². The molecule has 2 rings (SSSR count). The van der Waals surface area contributed by atoms with Gasteiger partial charge in [-0.25, -0.2) is 0 Å². The van der Waals surface area contributed by atoms with E-state index in [4.69, 9.17) is 10.00 Å². The van der Waals surface area contributed by atoms with Crippen LogP contribution >= 0.6 is 27.7 Å². The highest BCUT2D eigenvalue weighted by atomic mass is 79.9. The molecule has 0 spiro atoms. The lowest BCUT2D eigenvalue weighted by molar-refractivity contribution is 0.0455. The summed E-state index contributed by atoms with van der Waals surface area (Å²) in [6.07, 6.45) is 0. The van der Waals surface area contributed by atoms with Crippen molar-refractivity contribution in [3.8, 4) is 6.07 Å². The standard InChI is InChI=1S/C10H8BrNOS/c11-8-2-1-7(4-12)10(3-8)14-9-5-13-6-9/h1-3,9H,5-6H2. The van der Waals surface area contributed by atoms with Crippen molar-refractivity contribution in [1.29, 1.82) is 5.26 Å². The number of rotatable bonds is 2. The molecule has 0 radical (unpaired) electrons. The monoisotopic (exact) mass is 269 g/mol. The molecule has 1 aliphatic rings. The summed E-state index contributed by atoms with van der Waals surface area (Å²) in [6, 6.07) is 7.91. The minimum absolute atomic E-state index is 0.511. The van der Waals surface area contributed by atoms with E-state index in [0.717, 1.165) is 28.1 Å². The first-order valence-electron chi connectivity index (χ1n) is 4.23. The van der Waals surface area contributed by atoms with Crippen molar-refractivity contribution in [2.24, 2.45) is 0 Å². The minimum Gasteiger partial charge on any atom is -0.379 e. The fraction of sp³-hybridized carbons (Fsp3) is 0.300. The Morgan fingerprint density at radius 2 is 2.29 bits per heavy atom. The number of hydrogen-bond acceptors (Lipinski definition) is 3. The molecule has 1 saturated heterocycles. The van der Waals surface area contributed by atoms with E-state index >= 15 is 0 Å². The third kappa shape index (κ3) is 2.11. The van der Waals surface area contributed by atoms with Crippen LogP contribution in [0.1, 0.15) is 5.56 Å². The summed E-state index contributed by atoms with van der Waals surface area (Å²) in [7, 11) is 0. The van der Waals surface area contributed by atoms with Crippen LogP contribution in [0.25, 0.3) is 0 Å². The van der Waals surface area contributed by atoms with Crippen LogP contribution in [-0.4, -0.2) is 18.5 Å². The van der Waals surface area contributed by atoms with E-state index in [9.17, 15) is 0 Å². The van der Waals surface area contributed by atoms with Gasteiger partial charge in [-0.2, -0.15) is 5.26 Å². The molecule has 4 heteroatoms. The zero-order valence-corrected chi connectivity index (χ0v) is 9.77. The average molecular weight is 270 g/mol. The molecule has 0 atom stereocenters. The molecule has 0 bridgehead atoms. The van der Waals surface area contributed by atoms with Crippen molar-refractivity contribution in [1.82, 2.24) is 0 Å². The van der Waals surface area contributed by atoms with E-state index in [1.54, 1.807) is 11.8 Å². The predicted octanol–water partition coefficient (Wildman–Crippen LogP) is 2.81. The second-order valence-electron chi connectivity index (χ2n) is 3.03. The molecule has 1 aliphatic heterocycles. The lowest BCUT2D eigenvalue weighted by atomic mass is 10.2. The molecule has 14 heavy (non-hydrogen) atoms. The van der Waals surface area contributed by atoms with Crippen molar-refractivity contribution in [2.75, 3.05) is 13.2 Å². The number of thioether (sulfide) groups is 1. The Morgan fingerprint density at radius 3 is 2.86 bits per heavy atom. The molecule has 0 saturated carbocycles. The van der Waals surface area contributed by atoms with Crippen molar-refractivity contribution in [3.63, 3.8) is 0 Å². The van der Waals surface area contributed by atoms with Gasteiger partial charge in [-0.05, 0) is 18.2 Å². The Bertz CT molecular complexity index is 384. The first-order valence-corrected chi connectivity index (χ1v) is 5.91. The van der Waals surface area contributed by atoms with Crippen LogP contribution < -0.4 is 0 Å². The fourth-order valence-electron chi connectivity index (χ4n) is 1.15. The summed E-state index contributed by atoms with van der Waals surface area (Å²) in [5.74, 6) is 0. The topological polar surface area (TPSA) is 33.0 Å². The Kier molecular flexibility index (Phi) is 3.12. The van der Waals surface area contributed by atoms with Gasteiger partial charge in [-0.1, -0.05) is 15.9 Å². The van der Waals surface area contributed by atoms with Gasteiger partial charge in [0.2, 0.25) is 0 Å². The Balaban J connectivity index is 2.21.